The van der Waals surface area contributed by atoms with Gasteiger partial charge in [0.1, 0.15) is 0 Å². The molecule has 0 spiro atoms. The standard InChI is InChI=1S/C23H29F2N5O2/c1-31-15-10-30(11-15)14-5-16-17(6-14)21(16)19(28-8-12-2-3-12)7-18(26)13-4-20(32-23(24)25)22(27)29-9-13/h4-5,7,9,12,14-15,17,21,23H,2-3,6,8,10-11,26H2,1H3,(H2,27,29)/t14-,17-,21-/m1/s1. The average molecular weight is 446 g/mol. The lowest BCUT2D eigenvalue weighted by molar-refractivity contribution is -0.0495. The Morgan fingerprint density at radius 1 is 1.38 bits per heavy atom. The molecule has 1 aliphatic heterocycles. The molecule has 2 heterocycles. The minimum atomic E-state index is -2.98. The van der Waals surface area contributed by atoms with Gasteiger partial charge in [0, 0.05) is 61.9 Å². The summed E-state index contributed by atoms with van der Waals surface area (Å²) < 4.78 is 35.1. The molecule has 0 bridgehead atoms. The second-order valence-corrected chi connectivity index (χ2v) is 9.16. The summed E-state index contributed by atoms with van der Waals surface area (Å²) in [4.78, 5) is 11.3. The van der Waals surface area contributed by atoms with Gasteiger partial charge in [-0.2, -0.15) is 8.78 Å². The van der Waals surface area contributed by atoms with Crippen LogP contribution in [0.4, 0.5) is 14.6 Å². The molecule has 3 atom stereocenters. The van der Waals surface area contributed by atoms with Crippen LogP contribution in [-0.2, 0) is 4.74 Å². The molecule has 9 heteroatoms. The molecule has 5 rings (SSSR count). The van der Waals surface area contributed by atoms with Gasteiger partial charge < -0.3 is 20.9 Å². The molecule has 3 aliphatic carbocycles. The molecule has 0 amide bonds. The van der Waals surface area contributed by atoms with Crippen molar-refractivity contribution in [2.75, 3.05) is 32.5 Å². The number of hydrogen-bond donors (Lipinski definition) is 2. The smallest absolute Gasteiger partial charge is 0.387 e. The van der Waals surface area contributed by atoms with E-state index >= 15 is 0 Å². The first-order valence-electron chi connectivity index (χ1n) is 11.1. The molecule has 1 aromatic heterocycles. The van der Waals surface area contributed by atoms with Crippen LogP contribution in [0.1, 0.15) is 24.8 Å². The molecule has 32 heavy (non-hydrogen) atoms. The first kappa shape index (κ1) is 21.3. The summed E-state index contributed by atoms with van der Waals surface area (Å²) >= 11 is 0. The van der Waals surface area contributed by atoms with Crippen LogP contribution in [-0.4, -0.2) is 61.1 Å². The highest BCUT2D eigenvalue weighted by molar-refractivity contribution is 6.06. The number of aliphatic imine (C=N–C) groups is 1. The van der Waals surface area contributed by atoms with Crippen molar-refractivity contribution in [2.24, 2.45) is 28.5 Å². The van der Waals surface area contributed by atoms with Crippen LogP contribution in [0.2, 0.25) is 0 Å². The number of ether oxygens (including phenoxy) is 2. The zero-order valence-corrected chi connectivity index (χ0v) is 18.1. The van der Waals surface area contributed by atoms with E-state index in [1.807, 2.05) is 6.08 Å². The van der Waals surface area contributed by atoms with Gasteiger partial charge in [0.25, 0.3) is 0 Å². The van der Waals surface area contributed by atoms with Crippen LogP contribution in [0.25, 0.3) is 5.70 Å². The number of anilines is 1. The number of rotatable bonds is 9. The molecule has 2 saturated carbocycles. The number of nitrogens with two attached hydrogens (primary N) is 2. The number of nitrogen functional groups attached to an aromatic ring is 1. The zero-order chi connectivity index (χ0) is 22.4. The lowest BCUT2D eigenvalue weighted by atomic mass is 10.0. The third-order valence-electron chi connectivity index (χ3n) is 6.92. The highest BCUT2D eigenvalue weighted by Gasteiger charge is 2.53. The lowest BCUT2D eigenvalue weighted by Crippen LogP contribution is -2.55. The molecule has 0 aromatic carbocycles. The van der Waals surface area contributed by atoms with Gasteiger partial charge in [-0.05, 0) is 43.2 Å². The molecule has 1 saturated heterocycles. The minimum Gasteiger partial charge on any atom is -0.431 e. The van der Waals surface area contributed by atoms with E-state index in [4.69, 9.17) is 21.2 Å². The van der Waals surface area contributed by atoms with E-state index in [2.05, 4.69) is 20.7 Å². The van der Waals surface area contributed by atoms with Crippen LogP contribution in [0.5, 0.6) is 5.75 Å². The predicted molar refractivity (Wildman–Crippen MR) is 118 cm³/mol. The highest BCUT2D eigenvalue weighted by atomic mass is 19.3. The van der Waals surface area contributed by atoms with E-state index in [9.17, 15) is 8.78 Å². The van der Waals surface area contributed by atoms with Crippen molar-refractivity contribution in [3.05, 3.63) is 35.6 Å². The van der Waals surface area contributed by atoms with Crippen LogP contribution in [0, 0.1) is 17.8 Å². The van der Waals surface area contributed by atoms with Crippen LogP contribution in [0.3, 0.4) is 0 Å². The summed E-state index contributed by atoms with van der Waals surface area (Å²) in [6, 6.07) is 1.89. The monoisotopic (exact) mass is 445 g/mol. The summed E-state index contributed by atoms with van der Waals surface area (Å²) in [5.74, 6) is 1.19. The SMILES string of the molecule is COC1CN([C@@H]2C=C3[C@@H](C(C=C(N)c4cnc(N)c(OC(F)F)c4)=NCC4CC4)[C@@H]3C2)C1. The van der Waals surface area contributed by atoms with Crippen LogP contribution in [0.15, 0.2) is 35.0 Å². The van der Waals surface area contributed by atoms with Crippen LogP contribution >= 0.6 is 0 Å². The zero-order valence-electron chi connectivity index (χ0n) is 18.1. The number of nitrogens with zero attached hydrogens (tertiary/aromatic N) is 3. The number of halogens is 2. The number of pyridine rings is 1. The summed E-state index contributed by atoms with van der Waals surface area (Å²) in [5, 5.41) is 0. The third-order valence-corrected chi connectivity index (χ3v) is 6.92. The Kier molecular flexibility index (Phi) is 5.63. The number of likely N-dealkylation sites (tertiary alicyclic amines) is 1. The summed E-state index contributed by atoms with van der Waals surface area (Å²) in [6.45, 7) is -0.192. The minimum absolute atomic E-state index is 0.0981. The molecular weight excluding hydrogens is 416 g/mol. The van der Waals surface area contributed by atoms with Gasteiger partial charge in [-0.1, -0.05) is 11.6 Å². The maximum absolute atomic E-state index is 12.6. The molecule has 4 N–H and O–H groups in total. The number of aromatic nitrogens is 1. The maximum atomic E-state index is 12.6. The van der Waals surface area contributed by atoms with Gasteiger partial charge >= 0.3 is 6.61 Å². The Hall–Kier alpha value is -2.52. The fourth-order valence-electron chi connectivity index (χ4n) is 4.72. The molecule has 3 fully saturated rings. The Bertz CT molecular complexity index is 969. The Morgan fingerprint density at radius 2 is 2.16 bits per heavy atom. The molecule has 0 unspecified atom stereocenters. The fourth-order valence-corrected chi connectivity index (χ4v) is 4.72. The number of hydrogen-bond acceptors (Lipinski definition) is 7. The number of methoxy groups -OCH3 is 1. The van der Waals surface area contributed by atoms with E-state index in [-0.39, 0.29) is 11.6 Å². The van der Waals surface area contributed by atoms with Gasteiger partial charge in [-0.3, -0.25) is 9.89 Å². The Morgan fingerprint density at radius 3 is 2.78 bits per heavy atom. The van der Waals surface area contributed by atoms with Gasteiger partial charge in [-0.15, -0.1) is 0 Å². The van der Waals surface area contributed by atoms with Crippen molar-refractivity contribution in [1.29, 1.82) is 0 Å². The topological polar surface area (TPSA) is 99.0 Å². The normalized spacial score (nSPS) is 28.5. The molecular formula is C23H29F2N5O2. The van der Waals surface area contributed by atoms with Crippen molar-refractivity contribution in [3.8, 4) is 5.75 Å². The quantitative estimate of drug-likeness (QED) is 0.448. The maximum Gasteiger partial charge on any atom is 0.387 e. The lowest BCUT2D eigenvalue weighted by Gasteiger charge is -2.42. The first-order chi connectivity index (χ1) is 15.4. The summed E-state index contributed by atoms with van der Waals surface area (Å²) in [7, 11) is 1.77. The van der Waals surface area contributed by atoms with Crippen molar-refractivity contribution < 1.29 is 18.3 Å². The van der Waals surface area contributed by atoms with Crippen molar-refractivity contribution in [2.45, 2.75) is 38.0 Å². The third kappa shape index (κ3) is 4.36. The van der Waals surface area contributed by atoms with Crippen LogP contribution < -0.4 is 16.2 Å². The van der Waals surface area contributed by atoms with Gasteiger partial charge in [0.05, 0.1) is 6.10 Å². The number of alkyl halides is 2. The van der Waals surface area contributed by atoms with E-state index in [1.165, 1.54) is 30.7 Å². The summed E-state index contributed by atoms with van der Waals surface area (Å²) in [5.41, 5.74) is 15.3. The first-order valence-corrected chi connectivity index (χ1v) is 11.1. The van der Waals surface area contributed by atoms with E-state index < -0.39 is 6.61 Å². The highest BCUT2D eigenvalue weighted by Crippen LogP contribution is 2.56. The van der Waals surface area contributed by atoms with E-state index in [1.54, 1.807) is 7.11 Å². The number of allylic oxidation sites excluding steroid dienone is 2. The fraction of sp³-hybridized carbons (Fsp3) is 0.565. The second kappa shape index (κ2) is 8.44. The molecule has 172 valence electrons. The Labute approximate surface area is 186 Å². The van der Waals surface area contributed by atoms with Gasteiger partial charge in [0.15, 0.2) is 11.6 Å². The van der Waals surface area contributed by atoms with E-state index in [0.29, 0.717) is 41.2 Å². The van der Waals surface area contributed by atoms with Crippen molar-refractivity contribution >= 4 is 17.2 Å². The van der Waals surface area contributed by atoms with E-state index in [0.717, 1.165) is 31.8 Å². The molecule has 0 radical (unpaired) electrons. The van der Waals surface area contributed by atoms with Gasteiger partial charge in [-0.25, -0.2) is 4.98 Å². The largest absolute Gasteiger partial charge is 0.431 e. The second-order valence-electron chi connectivity index (χ2n) is 9.16. The van der Waals surface area contributed by atoms with Crippen molar-refractivity contribution in [3.63, 3.8) is 0 Å². The average Bonchev–Trinajstić information content (AvgIpc) is 3.63. The number of fused-ring (bicyclic) bond motifs is 1. The molecule has 1 aromatic rings. The Balaban J connectivity index is 1.33. The molecule has 4 aliphatic rings. The summed E-state index contributed by atoms with van der Waals surface area (Å²) in [6.07, 6.45) is 9.62. The molecule has 7 nitrogen and oxygen atoms in total. The van der Waals surface area contributed by atoms with Crippen molar-refractivity contribution in [1.82, 2.24) is 9.88 Å². The predicted octanol–water partition coefficient (Wildman–Crippen LogP) is 2.69. The van der Waals surface area contributed by atoms with Gasteiger partial charge in [0.2, 0.25) is 0 Å².